The number of carbonyl (C=O) groups excluding carboxylic acids is 3. The Balaban J connectivity index is 1.59. The molecule has 1 aromatic heterocycles. The van der Waals surface area contributed by atoms with Gasteiger partial charge in [0.1, 0.15) is 17.2 Å². The molecule has 0 bridgehead atoms. The lowest BCUT2D eigenvalue weighted by atomic mass is 9.97. The number of amides is 3. The Morgan fingerprint density at radius 3 is 2.57 bits per heavy atom. The van der Waals surface area contributed by atoms with Crippen LogP contribution in [0.3, 0.4) is 0 Å². The Bertz CT molecular complexity index is 1500. The third kappa shape index (κ3) is 6.84. The summed E-state index contributed by atoms with van der Waals surface area (Å²) in [6.45, 7) is 9.32. The lowest BCUT2D eigenvalue weighted by Gasteiger charge is -2.26. The largest absolute Gasteiger partial charge is 0.496 e. The number of benzene rings is 2. The second-order valence-electron chi connectivity index (χ2n) is 11.3. The van der Waals surface area contributed by atoms with Gasteiger partial charge in [0.15, 0.2) is 5.82 Å². The van der Waals surface area contributed by atoms with Gasteiger partial charge in [-0.3, -0.25) is 9.69 Å². The quantitative estimate of drug-likeness (QED) is 0.291. The number of rotatable bonds is 7. The highest BCUT2D eigenvalue weighted by Gasteiger charge is 2.36. The first-order valence-electron chi connectivity index (χ1n) is 13.8. The first kappa shape index (κ1) is 30.8. The van der Waals surface area contributed by atoms with Gasteiger partial charge in [-0.2, -0.15) is 0 Å². The third-order valence-electron chi connectivity index (χ3n) is 7.09. The molecule has 0 aliphatic carbocycles. The maximum Gasteiger partial charge on any atom is 0.340 e. The molecule has 1 aliphatic rings. The number of nitrogen functional groups attached to an aromatic ring is 1. The molecule has 11 nitrogen and oxygen atoms in total. The van der Waals surface area contributed by atoms with Crippen molar-refractivity contribution in [2.45, 2.75) is 72.2 Å². The second-order valence-corrected chi connectivity index (χ2v) is 11.8. The number of urea groups is 1. The Hall–Kier alpha value is -4.12. The van der Waals surface area contributed by atoms with Gasteiger partial charge < -0.3 is 25.1 Å². The number of nitrogens with two attached hydrogens (primary N) is 1. The van der Waals surface area contributed by atoms with Crippen LogP contribution >= 0.6 is 11.6 Å². The highest BCUT2D eigenvalue weighted by atomic mass is 35.5. The number of hydrogen-bond donors (Lipinski definition) is 2. The molecule has 0 radical (unpaired) electrons. The number of nitrogens with one attached hydrogen (secondary N) is 1. The van der Waals surface area contributed by atoms with E-state index in [1.165, 1.54) is 4.90 Å². The van der Waals surface area contributed by atoms with Crippen molar-refractivity contribution in [1.82, 2.24) is 25.0 Å². The van der Waals surface area contributed by atoms with Crippen molar-refractivity contribution in [3.05, 3.63) is 69.8 Å². The fourth-order valence-electron chi connectivity index (χ4n) is 4.98. The molecular weight excluding hydrogens is 560 g/mol. The summed E-state index contributed by atoms with van der Waals surface area (Å²) in [4.78, 5) is 41.3. The molecule has 4 rings (SSSR count). The fraction of sp³-hybridized carbons (Fsp3) is 0.433. The van der Waals surface area contributed by atoms with Crippen LogP contribution in [0.15, 0.2) is 36.4 Å². The van der Waals surface area contributed by atoms with Gasteiger partial charge in [-0.15, -0.1) is 10.2 Å². The molecule has 2 heterocycles. The zero-order chi connectivity index (χ0) is 30.8. The summed E-state index contributed by atoms with van der Waals surface area (Å²) >= 11 is 6.25. The smallest absolute Gasteiger partial charge is 0.340 e. The molecule has 0 unspecified atom stereocenters. The van der Waals surface area contributed by atoms with E-state index in [4.69, 9.17) is 26.8 Å². The molecule has 2 aromatic carbocycles. The lowest BCUT2D eigenvalue weighted by Crippen LogP contribution is -2.46. The van der Waals surface area contributed by atoms with Gasteiger partial charge in [0, 0.05) is 17.3 Å². The molecule has 0 spiro atoms. The van der Waals surface area contributed by atoms with E-state index in [1.54, 1.807) is 64.3 Å². The molecule has 0 saturated carbocycles. The number of imide groups is 1. The molecule has 12 heteroatoms. The fourth-order valence-corrected chi connectivity index (χ4v) is 5.17. The maximum absolute atomic E-state index is 13.9. The number of carbonyl (C=O) groups is 3. The van der Waals surface area contributed by atoms with Gasteiger partial charge in [-0.05, 0) is 82.0 Å². The number of methoxy groups -OCH3 is 1. The summed E-state index contributed by atoms with van der Waals surface area (Å²) in [6.07, 6.45) is 0.806. The van der Waals surface area contributed by atoms with Crippen LogP contribution in [-0.2, 0) is 29.0 Å². The molecule has 3 amide bonds. The number of esters is 1. The minimum atomic E-state index is -0.666. The number of aryl methyl sites for hydroxylation is 1. The number of nitrogens with zero attached hydrogens (tertiary/aromatic N) is 4. The van der Waals surface area contributed by atoms with E-state index in [-0.39, 0.29) is 23.7 Å². The zero-order valence-electron chi connectivity index (χ0n) is 24.7. The van der Waals surface area contributed by atoms with Crippen LogP contribution in [0.5, 0.6) is 5.75 Å². The van der Waals surface area contributed by atoms with Crippen LogP contribution in [0.1, 0.15) is 73.3 Å². The summed E-state index contributed by atoms with van der Waals surface area (Å²) in [5.74, 6) is 0.273. The number of ether oxygens (including phenoxy) is 2. The Kier molecular flexibility index (Phi) is 9.10. The molecular formula is C30H37ClN6O5. The van der Waals surface area contributed by atoms with E-state index in [9.17, 15) is 14.4 Å². The second kappa shape index (κ2) is 12.4. The van der Waals surface area contributed by atoms with Gasteiger partial charge in [0.2, 0.25) is 5.91 Å². The highest BCUT2D eigenvalue weighted by Crippen LogP contribution is 2.29. The van der Waals surface area contributed by atoms with Crippen LogP contribution in [-0.4, -0.2) is 50.3 Å². The average Bonchev–Trinajstić information content (AvgIpc) is 3.19. The van der Waals surface area contributed by atoms with E-state index in [1.807, 2.05) is 18.4 Å². The van der Waals surface area contributed by atoms with Gasteiger partial charge in [0.05, 0.1) is 31.2 Å². The number of anilines is 1. The molecule has 0 saturated heterocycles. The monoisotopic (exact) mass is 596 g/mol. The number of halogens is 1. The summed E-state index contributed by atoms with van der Waals surface area (Å²) < 4.78 is 12.8. The predicted molar refractivity (Wildman–Crippen MR) is 158 cm³/mol. The lowest BCUT2D eigenvalue weighted by molar-refractivity contribution is -0.132. The van der Waals surface area contributed by atoms with Crippen molar-refractivity contribution in [2.24, 2.45) is 5.92 Å². The van der Waals surface area contributed by atoms with Gasteiger partial charge in [-0.1, -0.05) is 24.6 Å². The third-order valence-corrected chi connectivity index (χ3v) is 7.32. The van der Waals surface area contributed by atoms with E-state index >= 15 is 0 Å². The number of hydrogen-bond acceptors (Lipinski definition) is 8. The van der Waals surface area contributed by atoms with Crippen molar-refractivity contribution in [3.63, 3.8) is 0 Å². The molecule has 2 atom stereocenters. The van der Waals surface area contributed by atoms with Crippen molar-refractivity contribution in [2.75, 3.05) is 12.8 Å². The predicted octanol–water partition coefficient (Wildman–Crippen LogP) is 4.85. The topological polar surface area (TPSA) is 142 Å². The maximum atomic E-state index is 13.9. The molecule has 42 heavy (non-hydrogen) atoms. The molecule has 3 aromatic rings. The number of aromatic nitrogens is 3. The first-order chi connectivity index (χ1) is 19.8. The highest BCUT2D eigenvalue weighted by molar-refractivity contribution is 6.30. The number of fused-ring (bicyclic) bond motifs is 1. The van der Waals surface area contributed by atoms with Crippen LogP contribution in [0.2, 0.25) is 5.02 Å². The SMILES string of the molecule is CC[C@@H](NC(=O)N1Cc2nnc(C)n2C[C@H](Cc2cc(Cl)ccc2OC)C1=O)c1ccc(C(=O)OC(C)(C)C)c(N)c1. The first-order valence-corrected chi connectivity index (χ1v) is 14.1. The summed E-state index contributed by atoms with van der Waals surface area (Å²) in [5, 5.41) is 11.9. The Morgan fingerprint density at radius 2 is 1.93 bits per heavy atom. The van der Waals surface area contributed by atoms with Crippen molar-refractivity contribution in [1.29, 1.82) is 0 Å². The van der Waals surface area contributed by atoms with Crippen LogP contribution < -0.4 is 15.8 Å². The van der Waals surface area contributed by atoms with Crippen LogP contribution in [0.25, 0.3) is 0 Å². The van der Waals surface area contributed by atoms with Crippen LogP contribution in [0.4, 0.5) is 10.5 Å². The van der Waals surface area contributed by atoms with Gasteiger partial charge in [-0.25, -0.2) is 9.59 Å². The minimum absolute atomic E-state index is 0.0369. The zero-order valence-corrected chi connectivity index (χ0v) is 25.5. The molecule has 224 valence electrons. The van der Waals surface area contributed by atoms with Gasteiger partial charge >= 0.3 is 12.0 Å². The Labute approximate surface area is 250 Å². The minimum Gasteiger partial charge on any atom is -0.496 e. The summed E-state index contributed by atoms with van der Waals surface area (Å²) in [6, 6.07) is 9.15. The van der Waals surface area contributed by atoms with Crippen LogP contribution in [0, 0.1) is 12.8 Å². The summed E-state index contributed by atoms with van der Waals surface area (Å²) in [5.41, 5.74) is 7.47. The average molecular weight is 597 g/mol. The Morgan fingerprint density at radius 1 is 1.19 bits per heavy atom. The van der Waals surface area contributed by atoms with Gasteiger partial charge in [0.25, 0.3) is 0 Å². The standard InChI is InChI=1S/C30H37ClN6O5/c1-7-24(18-8-10-22(23(32)14-18)28(39)42-30(3,4)5)33-29(40)37-16-26-35-34-17(2)36(26)15-20(27(37)38)12-19-13-21(31)9-11-25(19)41-6/h8-11,13-14,20,24H,7,12,15-16,32H2,1-6H3,(H,33,40)/t20-,24+/m0/s1. The van der Waals surface area contributed by atoms with E-state index < -0.39 is 29.6 Å². The van der Waals surface area contributed by atoms with Crippen molar-refractivity contribution in [3.8, 4) is 5.75 Å². The summed E-state index contributed by atoms with van der Waals surface area (Å²) in [7, 11) is 1.56. The molecule has 3 N–H and O–H groups in total. The van der Waals surface area contributed by atoms with Crippen molar-refractivity contribution >= 4 is 35.2 Å². The molecule has 1 aliphatic heterocycles. The normalized spacial score (nSPS) is 15.9. The molecule has 0 fully saturated rings. The van der Waals surface area contributed by atoms with E-state index in [0.29, 0.717) is 47.4 Å². The van der Waals surface area contributed by atoms with Crippen molar-refractivity contribution < 1.29 is 23.9 Å². The van der Waals surface area contributed by atoms with E-state index in [0.717, 1.165) is 5.56 Å². The van der Waals surface area contributed by atoms with E-state index in [2.05, 4.69) is 15.5 Å².